The Balaban J connectivity index is 1.68. The topological polar surface area (TPSA) is 56.5 Å². The van der Waals surface area contributed by atoms with Gasteiger partial charge >= 0.3 is 0 Å². The Hall–Kier alpha value is -3.41. The maximum absolute atomic E-state index is 13.3. The number of nitrogens with zero attached hydrogens (tertiary/aromatic N) is 5. The molecule has 25 heavy (non-hydrogen) atoms. The van der Waals surface area contributed by atoms with Crippen LogP contribution in [0.4, 0.5) is 4.39 Å². The highest BCUT2D eigenvalue weighted by molar-refractivity contribution is 5.65. The van der Waals surface area contributed by atoms with Gasteiger partial charge in [0.15, 0.2) is 5.82 Å². The monoisotopic (exact) mass is 331 g/mol. The van der Waals surface area contributed by atoms with E-state index in [1.807, 2.05) is 23.7 Å². The van der Waals surface area contributed by atoms with Crippen LogP contribution < -0.4 is 0 Å². The number of imidazole rings is 1. The van der Waals surface area contributed by atoms with Crippen molar-refractivity contribution in [3.05, 3.63) is 73.2 Å². The Kier molecular flexibility index (Phi) is 3.78. The molecule has 1 aromatic carbocycles. The summed E-state index contributed by atoms with van der Waals surface area (Å²) in [7, 11) is 1.94. The summed E-state index contributed by atoms with van der Waals surface area (Å²) in [6.45, 7) is 0. The van der Waals surface area contributed by atoms with Crippen molar-refractivity contribution in [1.29, 1.82) is 0 Å². The van der Waals surface area contributed by atoms with Gasteiger partial charge in [-0.2, -0.15) is 0 Å². The van der Waals surface area contributed by atoms with E-state index >= 15 is 0 Å². The molecule has 0 spiro atoms. The van der Waals surface area contributed by atoms with Crippen LogP contribution in [0.25, 0.3) is 34.0 Å². The summed E-state index contributed by atoms with van der Waals surface area (Å²) in [4.78, 5) is 17.3. The van der Waals surface area contributed by atoms with Gasteiger partial charge in [0.25, 0.3) is 0 Å². The van der Waals surface area contributed by atoms with E-state index in [9.17, 15) is 4.39 Å². The van der Waals surface area contributed by atoms with Crippen molar-refractivity contribution in [1.82, 2.24) is 24.5 Å². The lowest BCUT2D eigenvalue weighted by atomic mass is 10.2. The lowest BCUT2D eigenvalue weighted by Gasteiger charge is -2.06. The number of rotatable bonds is 3. The summed E-state index contributed by atoms with van der Waals surface area (Å²) in [5.41, 5.74) is 3.32. The third kappa shape index (κ3) is 2.89. The van der Waals surface area contributed by atoms with Crippen molar-refractivity contribution in [2.75, 3.05) is 0 Å². The third-order valence-electron chi connectivity index (χ3n) is 3.94. The highest BCUT2D eigenvalue weighted by Gasteiger charge is 2.12. The molecule has 4 rings (SSSR count). The van der Waals surface area contributed by atoms with Gasteiger partial charge in [-0.05, 0) is 24.3 Å². The highest BCUT2D eigenvalue weighted by Crippen LogP contribution is 2.25. The first kappa shape index (κ1) is 15.1. The molecule has 0 aliphatic carbocycles. The molecule has 0 fully saturated rings. The van der Waals surface area contributed by atoms with Crippen LogP contribution in [-0.4, -0.2) is 24.5 Å². The normalized spacial score (nSPS) is 10.8. The Bertz CT molecular complexity index is 1010. The predicted molar refractivity (Wildman–Crippen MR) is 92.9 cm³/mol. The lowest BCUT2D eigenvalue weighted by molar-refractivity contribution is 0.628. The third-order valence-corrected chi connectivity index (χ3v) is 3.94. The smallest absolute Gasteiger partial charge is 0.159 e. The standard InChI is InChI=1S/C19H14FN5/c1-25-17(12-24-19(25)14-5-3-7-21-9-14)15-10-22-18(23-11-15)13-4-2-6-16(20)8-13/h2-12H,1H3. The average molecular weight is 331 g/mol. The second-order valence-electron chi connectivity index (χ2n) is 5.57. The molecular weight excluding hydrogens is 317 g/mol. The van der Waals surface area contributed by atoms with Gasteiger partial charge in [0.05, 0.1) is 11.9 Å². The van der Waals surface area contributed by atoms with Crippen molar-refractivity contribution >= 4 is 0 Å². The van der Waals surface area contributed by atoms with E-state index in [1.54, 1.807) is 43.1 Å². The van der Waals surface area contributed by atoms with Crippen molar-refractivity contribution in [3.63, 3.8) is 0 Å². The molecule has 0 saturated carbocycles. The van der Waals surface area contributed by atoms with Crippen LogP contribution in [0, 0.1) is 5.82 Å². The van der Waals surface area contributed by atoms with Crippen molar-refractivity contribution < 1.29 is 4.39 Å². The van der Waals surface area contributed by atoms with E-state index in [0.29, 0.717) is 11.4 Å². The van der Waals surface area contributed by atoms with E-state index < -0.39 is 0 Å². The Morgan fingerprint density at radius 3 is 2.36 bits per heavy atom. The number of hydrogen-bond donors (Lipinski definition) is 0. The molecule has 0 amide bonds. The van der Waals surface area contributed by atoms with Gasteiger partial charge in [-0.15, -0.1) is 0 Å². The Morgan fingerprint density at radius 1 is 0.840 bits per heavy atom. The number of hydrogen-bond acceptors (Lipinski definition) is 4. The van der Waals surface area contributed by atoms with E-state index in [2.05, 4.69) is 19.9 Å². The van der Waals surface area contributed by atoms with Crippen LogP contribution in [0.5, 0.6) is 0 Å². The molecular formula is C19H14FN5. The number of halogens is 1. The van der Waals surface area contributed by atoms with Gasteiger partial charge < -0.3 is 4.57 Å². The zero-order valence-electron chi connectivity index (χ0n) is 13.5. The van der Waals surface area contributed by atoms with Crippen molar-refractivity contribution in [2.45, 2.75) is 0 Å². The average Bonchev–Trinajstić information content (AvgIpc) is 3.04. The van der Waals surface area contributed by atoms with Gasteiger partial charge in [-0.3, -0.25) is 4.98 Å². The molecule has 0 aliphatic rings. The van der Waals surface area contributed by atoms with Gasteiger partial charge in [0.1, 0.15) is 11.6 Å². The molecule has 6 heteroatoms. The van der Waals surface area contributed by atoms with E-state index in [0.717, 1.165) is 22.6 Å². The second kappa shape index (κ2) is 6.24. The van der Waals surface area contributed by atoms with E-state index in [4.69, 9.17) is 0 Å². The minimum atomic E-state index is -0.307. The first-order valence-corrected chi connectivity index (χ1v) is 7.73. The molecule has 0 atom stereocenters. The Labute approximate surface area is 143 Å². The van der Waals surface area contributed by atoms with Crippen LogP contribution in [0.15, 0.2) is 67.4 Å². The molecule has 3 aromatic heterocycles. The van der Waals surface area contributed by atoms with Crippen LogP contribution in [0.2, 0.25) is 0 Å². The molecule has 0 bridgehead atoms. The summed E-state index contributed by atoms with van der Waals surface area (Å²) in [5.74, 6) is 0.994. The summed E-state index contributed by atoms with van der Waals surface area (Å²) in [6, 6.07) is 10.1. The first-order valence-electron chi connectivity index (χ1n) is 7.73. The quantitative estimate of drug-likeness (QED) is 0.574. The summed E-state index contributed by atoms with van der Waals surface area (Å²) in [6.07, 6.45) is 8.72. The largest absolute Gasteiger partial charge is 0.327 e. The summed E-state index contributed by atoms with van der Waals surface area (Å²) in [5, 5.41) is 0. The van der Waals surface area contributed by atoms with Crippen LogP contribution in [0.3, 0.4) is 0 Å². The fourth-order valence-corrected chi connectivity index (χ4v) is 2.68. The van der Waals surface area contributed by atoms with E-state index in [-0.39, 0.29) is 5.82 Å². The molecule has 0 radical (unpaired) electrons. The molecule has 0 aliphatic heterocycles. The van der Waals surface area contributed by atoms with Crippen LogP contribution in [0.1, 0.15) is 0 Å². The van der Waals surface area contributed by atoms with Crippen molar-refractivity contribution in [2.24, 2.45) is 7.05 Å². The first-order chi connectivity index (χ1) is 12.2. The molecule has 0 N–H and O–H groups in total. The predicted octanol–water partition coefficient (Wildman–Crippen LogP) is 3.75. The minimum absolute atomic E-state index is 0.307. The maximum Gasteiger partial charge on any atom is 0.159 e. The zero-order chi connectivity index (χ0) is 17.2. The van der Waals surface area contributed by atoms with Gasteiger partial charge in [-0.1, -0.05) is 12.1 Å². The zero-order valence-corrected chi connectivity index (χ0v) is 13.5. The minimum Gasteiger partial charge on any atom is -0.327 e. The summed E-state index contributed by atoms with van der Waals surface area (Å²) >= 11 is 0. The van der Waals surface area contributed by atoms with Gasteiger partial charge in [0, 0.05) is 48.5 Å². The molecule has 5 nitrogen and oxygen atoms in total. The Morgan fingerprint density at radius 2 is 1.64 bits per heavy atom. The molecule has 4 aromatic rings. The molecule has 3 heterocycles. The van der Waals surface area contributed by atoms with E-state index in [1.165, 1.54) is 12.1 Å². The van der Waals surface area contributed by atoms with Crippen molar-refractivity contribution in [3.8, 4) is 34.0 Å². The number of benzene rings is 1. The molecule has 122 valence electrons. The summed E-state index contributed by atoms with van der Waals surface area (Å²) < 4.78 is 15.3. The second-order valence-corrected chi connectivity index (χ2v) is 5.57. The number of aromatic nitrogens is 5. The molecule has 0 unspecified atom stereocenters. The van der Waals surface area contributed by atoms with Gasteiger partial charge in [0.2, 0.25) is 0 Å². The molecule has 0 saturated heterocycles. The lowest BCUT2D eigenvalue weighted by Crippen LogP contribution is -1.97. The highest BCUT2D eigenvalue weighted by atomic mass is 19.1. The SMILES string of the molecule is Cn1c(-c2cnc(-c3cccc(F)c3)nc2)cnc1-c1cccnc1. The van der Waals surface area contributed by atoms with Crippen LogP contribution >= 0.6 is 0 Å². The number of pyridine rings is 1. The van der Waals surface area contributed by atoms with Gasteiger partial charge in [-0.25, -0.2) is 19.3 Å². The fourth-order valence-electron chi connectivity index (χ4n) is 2.68. The van der Waals surface area contributed by atoms with Crippen LogP contribution in [-0.2, 0) is 7.05 Å². The fraction of sp³-hybridized carbons (Fsp3) is 0.0526. The maximum atomic E-state index is 13.3.